The Morgan fingerprint density at radius 2 is 2.39 bits per heavy atom. The molecule has 1 rings (SSSR count). The number of methoxy groups -OCH3 is 1. The fourth-order valence-corrected chi connectivity index (χ4v) is 1.77. The molecular weight excluding hydrogens is 232 g/mol. The van der Waals surface area contributed by atoms with Crippen LogP contribution >= 0.6 is 0 Å². The standard InChI is InChI=1S/C13H22N2O3/c1-11(5-4-9-16)14-13(17)12-6-3-7-15(12)8-10-18-2/h3,6-7,11,16H,4-5,8-10H2,1-2H3,(H,14,17). The van der Waals surface area contributed by atoms with Gasteiger partial charge in [0.25, 0.3) is 5.91 Å². The summed E-state index contributed by atoms with van der Waals surface area (Å²) in [7, 11) is 1.64. The molecule has 0 spiro atoms. The average molecular weight is 254 g/mol. The van der Waals surface area contributed by atoms with Crippen LogP contribution in [0, 0.1) is 0 Å². The molecule has 0 radical (unpaired) electrons. The van der Waals surface area contributed by atoms with Crippen LogP contribution in [0.1, 0.15) is 30.3 Å². The number of nitrogens with zero attached hydrogens (tertiary/aromatic N) is 1. The molecule has 0 aliphatic rings. The number of aliphatic hydroxyl groups excluding tert-OH is 1. The molecule has 18 heavy (non-hydrogen) atoms. The van der Waals surface area contributed by atoms with Gasteiger partial charge >= 0.3 is 0 Å². The van der Waals surface area contributed by atoms with E-state index in [9.17, 15) is 4.79 Å². The maximum Gasteiger partial charge on any atom is 0.268 e. The van der Waals surface area contributed by atoms with Gasteiger partial charge in [0.05, 0.1) is 6.61 Å². The number of rotatable bonds is 8. The molecule has 0 bridgehead atoms. The Balaban J connectivity index is 2.52. The lowest BCUT2D eigenvalue weighted by Crippen LogP contribution is -2.34. The second-order valence-electron chi connectivity index (χ2n) is 4.32. The summed E-state index contributed by atoms with van der Waals surface area (Å²) in [5.74, 6) is -0.0819. The lowest BCUT2D eigenvalue weighted by Gasteiger charge is -2.14. The van der Waals surface area contributed by atoms with Crippen LogP contribution in [0.25, 0.3) is 0 Å². The Bertz CT molecular complexity index is 363. The Hall–Kier alpha value is -1.33. The van der Waals surface area contributed by atoms with Gasteiger partial charge in [-0.15, -0.1) is 0 Å². The lowest BCUT2D eigenvalue weighted by molar-refractivity contribution is 0.0924. The SMILES string of the molecule is COCCn1cccc1C(=O)NC(C)CCCO. The van der Waals surface area contributed by atoms with Crippen molar-refractivity contribution in [3.8, 4) is 0 Å². The van der Waals surface area contributed by atoms with Crippen molar-refractivity contribution < 1.29 is 14.6 Å². The molecule has 0 aliphatic heterocycles. The van der Waals surface area contributed by atoms with E-state index in [0.717, 1.165) is 6.42 Å². The smallest absolute Gasteiger partial charge is 0.268 e. The molecule has 1 atom stereocenters. The van der Waals surface area contributed by atoms with Crippen LogP contribution < -0.4 is 5.32 Å². The predicted octanol–water partition coefficient (Wildman–Crippen LogP) is 1.03. The van der Waals surface area contributed by atoms with Gasteiger partial charge in [-0.05, 0) is 31.9 Å². The highest BCUT2D eigenvalue weighted by Crippen LogP contribution is 2.04. The zero-order valence-electron chi connectivity index (χ0n) is 11.1. The number of nitrogens with one attached hydrogen (secondary N) is 1. The summed E-state index contributed by atoms with van der Waals surface area (Å²) in [4.78, 5) is 12.0. The largest absolute Gasteiger partial charge is 0.396 e. The van der Waals surface area contributed by atoms with Crippen LogP contribution in [0.2, 0.25) is 0 Å². The summed E-state index contributed by atoms with van der Waals surface area (Å²) in [6.07, 6.45) is 3.35. The highest BCUT2D eigenvalue weighted by atomic mass is 16.5. The third-order valence-corrected chi connectivity index (χ3v) is 2.77. The molecule has 1 aromatic heterocycles. The van der Waals surface area contributed by atoms with Gasteiger partial charge in [-0.3, -0.25) is 4.79 Å². The first-order chi connectivity index (χ1) is 8.69. The van der Waals surface area contributed by atoms with E-state index in [4.69, 9.17) is 9.84 Å². The molecule has 1 aromatic rings. The minimum absolute atomic E-state index is 0.0652. The molecule has 0 fully saturated rings. The van der Waals surface area contributed by atoms with Crippen LogP contribution in [0.4, 0.5) is 0 Å². The molecule has 5 nitrogen and oxygen atoms in total. The third kappa shape index (κ3) is 4.50. The van der Waals surface area contributed by atoms with Gasteiger partial charge in [0.15, 0.2) is 0 Å². The topological polar surface area (TPSA) is 63.5 Å². The van der Waals surface area contributed by atoms with Crippen LogP contribution in [-0.4, -0.2) is 41.9 Å². The van der Waals surface area contributed by atoms with E-state index in [1.807, 2.05) is 23.8 Å². The van der Waals surface area contributed by atoms with E-state index >= 15 is 0 Å². The van der Waals surface area contributed by atoms with Gasteiger partial charge in [0, 0.05) is 32.5 Å². The summed E-state index contributed by atoms with van der Waals surface area (Å²) in [5, 5.41) is 11.7. The summed E-state index contributed by atoms with van der Waals surface area (Å²) < 4.78 is 6.88. The summed E-state index contributed by atoms with van der Waals surface area (Å²) in [6, 6.07) is 3.71. The minimum atomic E-state index is -0.0819. The van der Waals surface area contributed by atoms with Gasteiger partial charge in [0.2, 0.25) is 0 Å². The van der Waals surface area contributed by atoms with Crippen molar-refractivity contribution in [2.75, 3.05) is 20.3 Å². The molecule has 0 aliphatic carbocycles. The first-order valence-electron chi connectivity index (χ1n) is 6.24. The molecule has 5 heteroatoms. The highest BCUT2D eigenvalue weighted by Gasteiger charge is 2.13. The minimum Gasteiger partial charge on any atom is -0.396 e. The second kappa shape index (κ2) is 7.89. The van der Waals surface area contributed by atoms with Crippen molar-refractivity contribution in [1.29, 1.82) is 0 Å². The normalized spacial score (nSPS) is 12.4. The monoisotopic (exact) mass is 254 g/mol. The number of aromatic nitrogens is 1. The van der Waals surface area contributed by atoms with Crippen LogP contribution in [0.15, 0.2) is 18.3 Å². The van der Waals surface area contributed by atoms with Gasteiger partial charge in [-0.2, -0.15) is 0 Å². The number of hydrogen-bond donors (Lipinski definition) is 2. The van der Waals surface area contributed by atoms with Crippen LogP contribution in [0.5, 0.6) is 0 Å². The Morgan fingerprint density at radius 3 is 3.06 bits per heavy atom. The lowest BCUT2D eigenvalue weighted by atomic mass is 10.2. The van der Waals surface area contributed by atoms with Crippen LogP contribution in [-0.2, 0) is 11.3 Å². The summed E-state index contributed by atoms with van der Waals surface area (Å²) >= 11 is 0. The first-order valence-corrected chi connectivity index (χ1v) is 6.24. The van der Waals surface area contributed by atoms with Crippen molar-refractivity contribution in [3.63, 3.8) is 0 Å². The Labute approximate surface area is 108 Å². The van der Waals surface area contributed by atoms with Gasteiger partial charge in [-0.1, -0.05) is 0 Å². The second-order valence-corrected chi connectivity index (χ2v) is 4.32. The third-order valence-electron chi connectivity index (χ3n) is 2.77. The van der Waals surface area contributed by atoms with Gasteiger partial charge < -0.3 is 19.7 Å². The molecule has 1 amide bonds. The molecule has 0 aromatic carbocycles. The fourth-order valence-electron chi connectivity index (χ4n) is 1.77. The van der Waals surface area contributed by atoms with Crippen molar-refractivity contribution in [2.45, 2.75) is 32.4 Å². The van der Waals surface area contributed by atoms with Crippen molar-refractivity contribution in [2.24, 2.45) is 0 Å². The molecule has 1 unspecified atom stereocenters. The zero-order valence-corrected chi connectivity index (χ0v) is 11.1. The number of ether oxygens (including phenoxy) is 1. The maximum absolute atomic E-state index is 12.0. The van der Waals surface area contributed by atoms with E-state index in [2.05, 4.69) is 5.32 Å². The fraction of sp³-hybridized carbons (Fsp3) is 0.615. The average Bonchev–Trinajstić information content (AvgIpc) is 2.82. The van der Waals surface area contributed by atoms with Crippen molar-refractivity contribution in [3.05, 3.63) is 24.0 Å². The van der Waals surface area contributed by atoms with E-state index < -0.39 is 0 Å². The summed E-state index contributed by atoms with van der Waals surface area (Å²) in [6.45, 7) is 3.34. The number of aliphatic hydroxyl groups is 1. The van der Waals surface area contributed by atoms with Gasteiger partial charge in [0.1, 0.15) is 5.69 Å². The van der Waals surface area contributed by atoms with E-state index in [1.165, 1.54) is 0 Å². The molecule has 0 saturated heterocycles. The zero-order chi connectivity index (χ0) is 13.4. The molecule has 0 saturated carbocycles. The molecule has 1 heterocycles. The maximum atomic E-state index is 12.0. The number of amides is 1. The van der Waals surface area contributed by atoms with Crippen molar-refractivity contribution >= 4 is 5.91 Å². The number of carbonyl (C=O) groups is 1. The van der Waals surface area contributed by atoms with E-state index in [-0.39, 0.29) is 18.6 Å². The molecule has 2 N–H and O–H groups in total. The van der Waals surface area contributed by atoms with Crippen molar-refractivity contribution in [1.82, 2.24) is 9.88 Å². The highest BCUT2D eigenvalue weighted by molar-refractivity contribution is 5.92. The molecular formula is C13H22N2O3. The first kappa shape index (κ1) is 14.7. The van der Waals surface area contributed by atoms with Crippen LogP contribution in [0.3, 0.4) is 0 Å². The van der Waals surface area contributed by atoms with E-state index in [0.29, 0.717) is 25.3 Å². The van der Waals surface area contributed by atoms with E-state index in [1.54, 1.807) is 13.2 Å². The Morgan fingerprint density at radius 1 is 1.61 bits per heavy atom. The van der Waals surface area contributed by atoms with Gasteiger partial charge in [-0.25, -0.2) is 0 Å². The Kier molecular flexibility index (Phi) is 6.46. The number of hydrogen-bond acceptors (Lipinski definition) is 3. The number of carbonyl (C=O) groups excluding carboxylic acids is 1. The summed E-state index contributed by atoms with van der Waals surface area (Å²) in [5.41, 5.74) is 0.642. The molecule has 102 valence electrons. The predicted molar refractivity (Wildman–Crippen MR) is 69.6 cm³/mol. The quantitative estimate of drug-likeness (QED) is 0.728.